The van der Waals surface area contributed by atoms with Crippen LogP contribution in [0.3, 0.4) is 0 Å². The molecule has 470 valence electrons. The van der Waals surface area contributed by atoms with E-state index in [-0.39, 0.29) is 31.1 Å². The molecule has 0 radical (unpaired) electrons. The van der Waals surface area contributed by atoms with Crippen LogP contribution in [0.15, 0.2) is 0 Å². The normalized spacial score (nSPS) is 11.9. The molecule has 0 bridgehead atoms. The van der Waals surface area contributed by atoms with E-state index in [9.17, 15) is 14.4 Å². The number of carbonyl (C=O) groups is 3. The van der Waals surface area contributed by atoms with Crippen LogP contribution in [0, 0.1) is 0 Å². The number of hydrogen-bond acceptors (Lipinski definition) is 6. The maximum absolute atomic E-state index is 12.8. The van der Waals surface area contributed by atoms with Crippen molar-refractivity contribution in [1.82, 2.24) is 0 Å². The summed E-state index contributed by atoms with van der Waals surface area (Å²) in [6.45, 7) is 6.65. The van der Waals surface area contributed by atoms with E-state index < -0.39 is 6.10 Å². The Hall–Kier alpha value is -1.59. The standard InChI is InChI=1S/C73H142O6/c1-4-7-10-13-15-17-19-21-23-25-27-29-31-32-33-34-35-36-37-38-39-40-41-42-44-45-47-49-51-53-55-57-60-63-66-72(75)78-69-70(68-77-71(74)65-62-59-12-9-6-3)79-73(76)67-64-61-58-56-54-52-50-48-46-43-30-28-26-24-22-20-18-16-14-11-8-5-2/h70H,4-69H2,1-3H3. The van der Waals surface area contributed by atoms with Crippen LogP contribution >= 0.6 is 0 Å². The van der Waals surface area contributed by atoms with Crippen molar-refractivity contribution in [3.8, 4) is 0 Å². The van der Waals surface area contributed by atoms with Gasteiger partial charge in [-0.05, 0) is 19.3 Å². The van der Waals surface area contributed by atoms with E-state index in [0.29, 0.717) is 19.3 Å². The summed E-state index contributed by atoms with van der Waals surface area (Å²) in [5, 5.41) is 0. The molecule has 0 aliphatic rings. The summed E-state index contributed by atoms with van der Waals surface area (Å²) in [7, 11) is 0. The summed E-state index contributed by atoms with van der Waals surface area (Å²) in [6, 6.07) is 0. The Morgan fingerprint density at radius 2 is 0.342 bits per heavy atom. The highest BCUT2D eigenvalue weighted by atomic mass is 16.6. The van der Waals surface area contributed by atoms with Crippen molar-refractivity contribution in [1.29, 1.82) is 0 Å². The second-order valence-corrected chi connectivity index (χ2v) is 25.2. The van der Waals surface area contributed by atoms with Gasteiger partial charge in [-0.1, -0.05) is 393 Å². The SMILES string of the molecule is CCCCCCCCCCCCCCCCCCCCCCCCCCCCCCCCCCCCC(=O)OCC(COC(=O)CCCCCCC)OC(=O)CCCCCCCCCCCCCCCCCCCCCCCC. The Morgan fingerprint density at radius 3 is 0.506 bits per heavy atom. The van der Waals surface area contributed by atoms with Gasteiger partial charge in [0, 0.05) is 19.3 Å². The molecule has 6 nitrogen and oxygen atoms in total. The zero-order valence-electron chi connectivity index (χ0n) is 54.2. The van der Waals surface area contributed by atoms with E-state index in [4.69, 9.17) is 14.2 Å². The van der Waals surface area contributed by atoms with Gasteiger partial charge in [0.15, 0.2) is 6.10 Å². The van der Waals surface area contributed by atoms with Crippen LogP contribution in [0.5, 0.6) is 0 Å². The van der Waals surface area contributed by atoms with Crippen LogP contribution < -0.4 is 0 Å². The lowest BCUT2D eigenvalue weighted by Crippen LogP contribution is -2.30. The molecule has 0 amide bonds. The first-order valence-corrected chi connectivity index (χ1v) is 36.5. The molecule has 0 aromatic heterocycles. The third-order valence-electron chi connectivity index (χ3n) is 17.1. The monoisotopic (exact) mass is 1120 g/mol. The summed E-state index contributed by atoms with van der Waals surface area (Å²) in [5.41, 5.74) is 0. The van der Waals surface area contributed by atoms with Crippen LogP contribution in [0.1, 0.15) is 432 Å². The van der Waals surface area contributed by atoms with Crippen molar-refractivity contribution in [3.63, 3.8) is 0 Å². The molecular weight excluding hydrogens is 973 g/mol. The van der Waals surface area contributed by atoms with Gasteiger partial charge in [0.1, 0.15) is 13.2 Å². The lowest BCUT2D eigenvalue weighted by Gasteiger charge is -2.18. The van der Waals surface area contributed by atoms with Gasteiger partial charge in [-0.15, -0.1) is 0 Å². The maximum Gasteiger partial charge on any atom is 0.306 e. The number of esters is 3. The zero-order chi connectivity index (χ0) is 57.1. The smallest absolute Gasteiger partial charge is 0.306 e. The molecule has 0 aliphatic carbocycles. The number of ether oxygens (including phenoxy) is 3. The quantitative estimate of drug-likeness (QED) is 0.0343. The second-order valence-electron chi connectivity index (χ2n) is 25.2. The summed E-state index contributed by atoms with van der Waals surface area (Å²) < 4.78 is 16.8. The molecule has 0 saturated carbocycles. The van der Waals surface area contributed by atoms with E-state index in [2.05, 4.69) is 20.8 Å². The molecule has 1 atom stereocenters. The van der Waals surface area contributed by atoms with Gasteiger partial charge < -0.3 is 14.2 Å². The summed E-state index contributed by atoms with van der Waals surface area (Å²) in [6.07, 6.45) is 82.2. The van der Waals surface area contributed by atoms with Crippen LogP contribution in [0.4, 0.5) is 0 Å². The number of unbranched alkanes of at least 4 members (excludes halogenated alkanes) is 58. The molecule has 0 aromatic carbocycles. The lowest BCUT2D eigenvalue weighted by atomic mass is 10.0. The van der Waals surface area contributed by atoms with Crippen LogP contribution in [-0.4, -0.2) is 37.2 Å². The first-order valence-electron chi connectivity index (χ1n) is 36.5. The van der Waals surface area contributed by atoms with Crippen LogP contribution in [-0.2, 0) is 28.6 Å². The predicted octanol–water partition coefficient (Wildman–Crippen LogP) is 25.0. The molecule has 0 spiro atoms. The minimum atomic E-state index is -0.761. The summed E-state index contributed by atoms with van der Waals surface area (Å²) in [5.74, 6) is -0.842. The fourth-order valence-electron chi connectivity index (χ4n) is 11.6. The average molecular weight is 1120 g/mol. The van der Waals surface area contributed by atoms with Crippen LogP contribution in [0.2, 0.25) is 0 Å². The highest BCUT2D eigenvalue weighted by molar-refractivity contribution is 5.71. The summed E-state index contributed by atoms with van der Waals surface area (Å²) in [4.78, 5) is 38.0. The van der Waals surface area contributed by atoms with Gasteiger partial charge in [-0.2, -0.15) is 0 Å². The number of carbonyl (C=O) groups excluding carboxylic acids is 3. The molecule has 0 aliphatic heterocycles. The Morgan fingerprint density at radius 1 is 0.203 bits per heavy atom. The Labute approximate surface area is 495 Å². The van der Waals surface area contributed by atoms with Gasteiger partial charge in [0.05, 0.1) is 0 Å². The topological polar surface area (TPSA) is 78.9 Å². The molecule has 0 N–H and O–H groups in total. The molecule has 0 rings (SSSR count). The Bertz CT molecular complexity index is 1190. The number of hydrogen-bond donors (Lipinski definition) is 0. The highest BCUT2D eigenvalue weighted by Gasteiger charge is 2.19. The lowest BCUT2D eigenvalue weighted by molar-refractivity contribution is -0.167. The molecule has 6 heteroatoms. The van der Waals surface area contributed by atoms with E-state index >= 15 is 0 Å². The highest BCUT2D eigenvalue weighted by Crippen LogP contribution is 2.20. The van der Waals surface area contributed by atoms with Crippen LogP contribution in [0.25, 0.3) is 0 Å². The predicted molar refractivity (Wildman–Crippen MR) is 344 cm³/mol. The molecule has 0 aromatic rings. The molecule has 0 saturated heterocycles. The van der Waals surface area contributed by atoms with Gasteiger partial charge in [-0.25, -0.2) is 0 Å². The molecule has 0 fully saturated rings. The average Bonchev–Trinajstić information content (AvgIpc) is 3.45. The van der Waals surface area contributed by atoms with Gasteiger partial charge in [0.25, 0.3) is 0 Å². The molecule has 1 unspecified atom stereocenters. The van der Waals surface area contributed by atoms with Gasteiger partial charge in [0.2, 0.25) is 0 Å². The second kappa shape index (κ2) is 68.9. The first kappa shape index (κ1) is 77.4. The molecule has 0 heterocycles. The fourth-order valence-corrected chi connectivity index (χ4v) is 11.6. The zero-order valence-corrected chi connectivity index (χ0v) is 54.2. The van der Waals surface area contributed by atoms with Crippen molar-refractivity contribution >= 4 is 17.9 Å². The molecular formula is C73H142O6. The van der Waals surface area contributed by atoms with Crippen molar-refractivity contribution in [2.45, 2.75) is 438 Å². The van der Waals surface area contributed by atoms with E-state index in [0.717, 1.165) is 64.2 Å². The minimum Gasteiger partial charge on any atom is -0.462 e. The third-order valence-corrected chi connectivity index (χ3v) is 17.1. The minimum absolute atomic E-state index is 0.0621. The maximum atomic E-state index is 12.8. The van der Waals surface area contributed by atoms with Gasteiger partial charge in [-0.3, -0.25) is 14.4 Å². The van der Waals surface area contributed by atoms with E-state index in [1.807, 2.05) is 0 Å². The van der Waals surface area contributed by atoms with E-state index in [1.165, 1.54) is 327 Å². The van der Waals surface area contributed by atoms with Crippen molar-refractivity contribution < 1.29 is 28.6 Å². The Balaban J connectivity index is 3.83. The fraction of sp³-hybridized carbons (Fsp3) is 0.959. The van der Waals surface area contributed by atoms with Crippen molar-refractivity contribution in [3.05, 3.63) is 0 Å². The molecule has 79 heavy (non-hydrogen) atoms. The van der Waals surface area contributed by atoms with Crippen molar-refractivity contribution in [2.75, 3.05) is 13.2 Å². The van der Waals surface area contributed by atoms with Gasteiger partial charge >= 0.3 is 17.9 Å². The van der Waals surface area contributed by atoms with Crippen molar-refractivity contribution in [2.24, 2.45) is 0 Å². The largest absolute Gasteiger partial charge is 0.462 e. The number of rotatable bonds is 69. The third kappa shape index (κ3) is 67.1. The Kier molecular flexibility index (Phi) is 67.5. The van der Waals surface area contributed by atoms with E-state index in [1.54, 1.807) is 0 Å². The first-order chi connectivity index (χ1) is 39.0. The summed E-state index contributed by atoms with van der Waals surface area (Å²) >= 11 is 0.